The van der Waals surface area contributed by atoms with Crippen LogP contribution in [-0.4, -0.2) is 34.5 Å². The zero-order chi connectivity index (χ0) is 16.9. The molecule has 1 saturated carbocycles. The number of nitrogens with zero attached hydrogens (tertiary/aromatic N) is 2. The molecule has 0 aliphatic heterocycles. The van der Waals surface area contributed by atoms with Crippen LogP contribution < -0.4 is 15.4 Å². The molecule has 1 atom stereocenters. The maximum Gasteiger partial charge on any atom is 0.233 e. The second kappa shape index (κ2) is 7.85. The number of ether oxygens (including phenoxy) is 1. The molecule has 3 rings (SSSR count). The molecule has 128 valence electrons. The number of benzene rings is 1. The van der Waals surface area contributed by atoms with Crippen LogP contribution in [-0.2, 0) is 11.3 Å². The van der Waals surface area contributed by atoms with E-state index in [1.54, 1.807) is 7.11 Å². The van der Waals surface area contributed by atoms with Crippen molar-refractivity contribution in [3.8, 4) is 5.75 Å². The fraction of sp³-hybridized carbons (Fsp3) is 0.438. The Morgan fingerprint density at radius 1 is 1.38 bits per heavy atom. The van der Waals surface area contributed by atoms with Crippen molar-refractivity contribution in [3.05, 3.63) is 29.8 Å². The van der Waals surface area contributed by atoms with Gasteiger partial charge in [-0.1, -0.05) is 35.2 Å². The van der Waals surface area contributed by atoms with E-state index >= 15 is 0 Å². The van der Waals surface area contributed by atoms with E-state index in [1.165, 1.54) is 35.9 Å². The summed E-state index contributed by atoms with van der Waals surface area (Å²) < 4.78 is 5.93. The van der Waals surface area contributed by atoms with Crippen LogP contribution in [0.5, 0.6) is 5.75 Å². The molecule has 1 heterocycles. The van der Waals surface area contributed by atoms with Gasteiger partial charge in [0, 0.05) is 12.6 Å². The predicted molar refractivity (Wildman–Crippen MR) is 96.7 cm³/mol. The summed E-state index contributed by atoms with van der Waals surface area (Å²) in [6.07, 6.45) is 2.40. The Balaban J connectivity index is 1.45. The molecule has 8 heteroatoms. The van der Waals surface area contributed by atoms with Gasteiger partial charge < -0.3 is 15.4 Å². The summed E-state index contributed by atoms with van der Waals surface area (Å²) in [5.74, 6) is 0.795. The zero-order valence-electron chi connectivity index (χ0n) is 13.6. The Kier molecular flexibility index (Phi) is 5.57. The number of amides is 1. The zero-order valence-corrected chi connectivity index (χ0v) is 15.2. The number of aromatic nitrogens is 2. The van der Waals surface area contributed by atoms with Gasteiger partial charge in [0.05, 0.1) is 12.4 Å². The van der Waals surface area contributed by atoms with Crippen LogP contribution in [0.1, 0.15) is 25.3 Å². The molecule has 0 saturated heterocycles. The van der Waals surface area contributed by atoms with Crippen LogP contribution in [0.15, 0.2) is 28.6 Å². The molecule has 24 heavy (non-hydrogen) atoms. The molecule has 1 amide bonds. The Morgan fingerprint density at radius 3 is 2.79 bits per heavy atom. The molecule has 1 fully saturated rings. The predicted octanol–water partition coefficient (Wildman–Crippen LogP) is 2.92. The first-order chi connectivity index (χ1) is 11.6. The average molecular weight is 364 g/mol. The quantitative estimate of drug-likeness (QED) is 0.702. The van der Waals surface area contributed by atoms with E-state index in [-0.39, 0.29) is 11.2 Å². The molecular formula is C16H20N4O2S2. The van der Waals surface area contributed by atoms with Gasteiger partial charge in [0.1, 0.15) is 5.75 Å². The third-order valence-electron chi connectivity index (χ3n) is 3.58. The van der Waals surface area contributed by atoms with Crippen molar-refractivity contribution in [1.82, 2.24) is 15.5 Å². The van der Waals surface area contributed by atoms with Crippen molar-refractivity contribution in [2.24, 2.45) is 0 Å². The standard InChI is InChI=1S/C16H20N4O2S2/c1-10(23-16-20-19-15(24-16)18-12-5-6-12)14(21)17-9-11-3-7-13(22-2)8-4-11/h3-4,7-8,10,12H,5-6,9H2,1-2H3,(H,17,21)(H,18,19)/t10-/m0/s1. The first kappa shape index (κ1) is 17.0. The van der Waals surface area contributed by atoms with Gasteiger partial charge in [-0.05, 0) is 37.5 Å². The molecule has 1 aliphatic rings. The van der Waals surface area contributed by atoms with Gasteiger partial charge >= 0.3 is 0 Å². The number of hydrogen-bond donors (Lipinski definition) is 2. The fourth-order valence-corrected chi connectivity index (χ4v) is 4.00. The summed E-state index contributed by atoms with van der Waals surface area (Å²) in [4.78, 5) is 12.2. The third-order valence-corrected chi connectivity index (χ3v) is 5.62. The number of thioether (sulfide) groups is 1. The highest BCUT2D eigenvalue weighted by atomic mass is 32.2. The highest BCUT2D eigenvalue weighted by Crippen LogP contribution is 2.32. The summed E-state index contributed by atoms with van der Waals surface area (Å²) in [6.45, 7) is 2.38. The van der Waals surface area contributed by atoms with Gasteiger partial charge in [0.15, 0.2) is 4.34 Å². The molecule has 2 aromatic rings. The topological polar surface area (TPSA) is 76.1 Å². The monoisotopic (exact) mass is 364 g/mol. The third kappa shape index (κ3) is 4.85. The normalized spacial score (nSPS) is 14.9. The maximum atomic E-state index is 12.2. The minimum Gasteiger partial charge on any atom is -0.497 e. The lowest BCUT2D eigenvalue weighted by atomic mass is 10.2. The van der Waals surface area contributed by atoms with E-state index in [0.717, 1.165) is 20.8 Å². The Bertz CT molecular complexity index is 686. The molecule has 2 N–H and O–H groups in total. The smallest absolute Gasteiger partial charge is 0.233 e. The molecule has 0 bridgehead atoms. The van der Waals surface area contributed by atoms with Gasteiger partial charge in [-0.25, -0.2) is 0 Å². The number of nitrogens with one attached hydrogen (secondary N) is 2. The van der Waals surface area contributed by atoms with Gasteiger partial charge in [0.25, 0.3) is 0 Å². The van der Waals surface area contributed by atoms with E-state index in [2.05, 4.69) is 20.8 Å². The molecule has 0 unspecified atom stereocenters. The minimum absolute atomic E-state index is 0.0114. The van der Waals surface area contributed by atoms with E-state index in [9.17, 15) is 4.79 Å². The minimum atomic E-state index is -0.218. The Hall–Kier alpha value is -1.80. The molecule has 1 aromatic heterocycles. The van der Waals surface area contributed by atoms with Crippen LogP contribution in [0.4, 0.5) is 5.13 Å². The number of carbonyl (C=O) groups excluding carboxylic acids is 1. The van der Waals surface area contributed by atoms with Crippen molar-refractivity contribution >= 4 is 34.1 Å². The van der Waals surface area contributed by atoms with Crippen LogP contribution >= 0.6 is 23.1 Å². The summed E-state index contributed by atoms with van der Waals surface area (Å²) in [5.41, 5.74) is 1.04. The van der Waals surface area contributed by atoms with Crippen LogP contribution in [0.2, 0.25) is 0 Å². The van der Waals surface area contributed by atoms with Gasteiger partial charge in [0.2, 0.25) is 11.0 Å². The van der Waals surface area contributed by atoms with E-state index < -0.39 is 0 Å². The first-order valence-electron chi connectivity index (χ1n) is 7.81. The SMILES string of the molecule is COc1ccc(CNC(=O)[C@H](C)Sc2nnc(NC3CC3)s2)cc1. The van der Waals surface area contributed by atoms with Crippen molar-refractivity contribution in [1.29, 1.82) is 0 Å². The second-order valence-electron chi connectivity index (χ2n) is 5.62. The van der Waals surface area contributed by atoms with Gasteiger partial charge in [-0.3, -0.25) is 4.79 Å². The lowest BCUT2D eigenvalue weighted by Crippen LogP contribution is -2.30. The lowest BCUT2D eigenvalue weighted by molar-refractivity contribution is -0.120. The fourth-order valence-electron chi connectivity index (χ4n) is 2.00. The van der Waals surface area contributed by atoms with E-state index in [4.69, 9.17) is 4.74 Å². The lowest BCUT2D eigenvalue weighted by Gasteiger charge is -2.10. The second-order valence-corrected chi connectivity index (χ2v) is 8.18. The number of methoxy groups -OCH3 is 1. The summed E-state index contributed by atoms with van der Waals surface area (Å²) >= 11 is 2.94. The first-order valence-corrected chi connectivity index (χ1v) is 9.51. The average Bonchev–Trinajstić information content (AvgIpc) is 3.31. The number of hydrogen-bond acceptors (Lipinski definition) is 7. The summed E-state index contributed by atoms with van der Waals surface area (Å²) in [5, 5.41) is 15.1. The van der Waals surface area contributed by atoms with Crippen molar-refractivity contribution in [3.63, 3.8) is 0 Å². The van der Waals surface area contributed by atoms with Gasteiger partial charge in [-0.15, -0.1) is 10.2 Å². The summed E-state index contributed by atoms with van der Waals surface area (Å²) in [6, 6.07) is 8.21. The molecule has 1 aliphatic carbocycles. The van der Waals surface area contributed by atoms with Crippen molar-refractivity contribution in [2.45, 2.75) is 41.9 Å². The van der Waals surface area contributed by atoms with E-state index in [0.29, 0.717) is 12.6 Å². The molecule has 6 nitrogen and oxygen atoms in total. The van der Waals surface area contributed by atoms with Crippen LogP contribution in [0.25, 0.3) is 0 Å². The van der Waals surface area contributed by atoms with Gasteiger partial charge in [-0.2, -0.15) is 0 Å². The number of rotatable bonds is 8. The molecule has 1 aromatic carbocycles. The number of anilines is 1. The van der Waals surface area contributed by atoms with Crippen molar-refractivity contribution in [2.75, 3.05) is 12.4 Å². The van der Waals surface area contributed by atoms with E-state index in [1.807, 2.05) is 31.2 Å². The van der Waals surface area contributed by atoms with Crippen LogP contribution in [0.3, 0.4) is 0 Å². The molecular weight excluding hydrogens is 344 g/mol. The highest BCUT2D eigenvalue weighted by Gasteiger charge is 2.23. The van der Waals surface area contributed by atoms with Crippen molar-refractivity contribution < 1.29 is 9.53 Å². The Labute approximate surface area is 149 Å². The maximum absolute atomic E-state index is 12.2. The largest absolute Gasteiger partial charge is 0.497 e. The molecule has 0 radical (unpaired) electrons. The van der Waals surface area contributed by atoms with Crippen LogP contribution in [0, 0.1) is 0 Å². The highest BCUT2D eigenvalue weighted by molar-refractivity contribution is 8.02. The molecule has 0 spiro atoms. The summed E-state index contributed by atoms with van der Waals surface area (Å²) in [7, 11) is 1.63. The number of carbonyl (C=O) groups is 1. The Morgan fingerprint density at radius 2 is 2.12 bits per heavy atom.